The van der Waals surface area contributed by atoms with Gasteiger partial charge in [0.05, 0.1) is 6.54 Å². The van der Waals surface area contributed by atoms with Gasteiger partial charge in [0.2, 0.25) is 0 Å². The quantitative estimate of drug-likeness (QED) is 0.560. The van der Waals surface area contributed by atoms with E-state index in [-0.39, 0.29) is 0 Å². The summed E-state index contributed by atoms with van der Waals surface area (Å²) in [7, 11) is 4.19. The number of nitrogens with zero attached hydrogens (tertiary/aromatic N) is 3. The van der Waals surface area contributed by atoms with Crippen molar-refractivity contribution in [1.82, 2.24) is 20.4 Å². The molecule has 0 saturated carbocycles. The maximum atomic E-state index is 4.72. The highest BCUT2D eigenvalue weighted by Crippen LogP contribution is 2.08. The Kier molecular flexibility index (Phi) is 8.77. The topological polar surface area (TPSA) is 42.9 Å². The van der Waals surface area contributed by atoms with Gasteiger partial charge in [0.1, 0.15) is 0 Å². The van der Waals surface area contributed by atoms with E-state index in [1.54, 1.807) is 0 Å². The zero-order chi connectivity index (χ0) is 17.9. The number of benzene rings is 1. The van der Waals surface area contributed by atoms with E-state index in [0.717, 1.165) is 32.1 Å². The zero-order valence-electron chi connectivity index (χ0n) is 16.2. The van der Waals surface area contributed by atoms with Gasteiger partial charge in [0.15, 0.2) is 5.96 Å². The normalized spacial score (nSPS) is 16.2. The van der Waals surface area contributed by atoms with Crippen molar-refractivity contribution in [3.8, 4) is 0 Å². The fraction of sp³-hybridized carbons (Fsp3) is 0.650. The molecule has 1 aromatic rings. The fourth-order valence-electron chi connectivity index (χ4n) is 3.14. The molecule has 0 atom stereocenters. The number of likely N-dealkylation sites (tertiary alicyclic amines) is 1. The van der Waals surface area contributed by atoms with Gasteiger partial charge in [0, 0.05) is 26.2 Å². The van der Waals surface area contributed by atoms with Crippen molar-refractivity contribution < 1.29 is 0 Å². The molecular weight excluding hydrogens is 310 g/mol. The standard InChI is InChI=1S/C20H35N5/c1-4-21-20(22-12-15-25-13-6-5-7-14-25)23-16-18-8-10-19(11-9-18)17-24(2)3/h8-11H,4-7,12-17H2,1-3H3,(H2,21,22,23). The third-order valence-corrected chi connectivity index (χ3v) is 4.45. The van der Waals surface area contributed by atoms with Crippen molar-refractivity contribution in [2.75, 3.05) is 46.8 Å². The molecule has 25 heavy (non-hydrogen) atoms. The summed E-state index contributed by atoms with van der Waals surface area (Å²) >= 11 is 0. The number of nitrogens with one attached hydrogen (secondary N) is 2. The monoisotopic (exact) mass is 345 g/mol. The summed E-state index contributed by atoms with van der Waals surface area (Å²) in [5, 5.41) is 6.81. The van der Waals surface area contributed by atoms with E-state index < -0.39 is 0 Å². The first-order valence-electron chi connectivity index (χ1n) is 9.64. The molecule has 140 valence electrons. The molecule has 0 radical (unpaired) electrons. The molecule has 0 bridgehead atoms. The van der Waals surface area contributed by atoms with Crippen molar-refractivity contribution in [2.24, 2.45) is 4.99 Å². The van der Waals surface area contributed by atoms with E-state index in [4.69, 9.17) is 4.99 Å². The van der Waals surface area contributed by atoms with Crippen LogP contribution in [-0.2, 0) is 13.1 Å². The minimum atomic E-state index is 0.710. The average Bonchev–Trinajstić information content (AvgIpc) is 2.61. The van der Waals surface area contributed by atoms with Gasteiger partial charge in [-0.3, -0.25) is 0 Å². The average molecular weight is 346 g/mol. The van der Waals surface area contributed by atoms with E-state index in [2.05, 4.69) is 65.7 Å². The smallest absolute Gasteiger partial charge is 0.191 e. The molecule has 2 N–H and O–H groups in total. The summed E-state index contributed by atoms with van der Waals surface area (Å²) in [5.41, 5.74) is 2.58. The molecule has 1 heterocycles. The number of hydrogen-bond donors (Lipinski definition) is 2. The molecular formula is C20H35N5. The lowest BCUT2D eigenvalue weighted by Gasteiger charge is -2.26. The molecule has 5 heteroatoms. The molecule has 0 aliphatic carbocycles. The first-order valence-corrected chi connectivity index (χ1v) is 9.64. The van der Waals surface area contributed by atoms with Crippen LogP contribution in [0.15, 0.2) is 29.3 Å². The van der Waals surface area contributed by atoms with Crippen LogP contribution >= 0.6 is 0 Å². The van der Waals surface area contributed by atoms with Gasteiger partial charge in [-0.1, -0.05) is 30.7 Å². The van der Waals surface area contributed by atoms with Crippen LogP contribution in [0.5, 0.6) is 0 Å². The van der Waals surface area contributed by atoms with Crippen LogP contribution in [0.25, 0.3) is 0 Å². The Labute approximate surface area is 153 Å². The Hall–Kier alpha value is -1.59. The van der Waals surface area contributed by atoms with Crippen molar-refractivity contribution in [3.05, 3.63) is 35.4 Å². The Morgan fingerprint density at radius 2 is 1.72 bits per heavy atom. The Morgan fingerprint density at radius 1 is 1.04 bits per heavy atom. The number of rotatable bonds is 8. The summed E-state index contributed by atoms with van der Waals surface area (Å²) in [4.78, 5) is 9.45. The lowest BCUT2D eigenvalue weighted by molar-refractivity contribution is 0.232. The third kappa shape index (κ3) is 7.88. The highest BCUT2D eigenvalue weighted by molar-refractivity contribution is 5.79. The lowest BCUT2D eigenvalue weighted by atomic mass is 10.1. The van der Waals surface area contributed by atoms with Crippen molar-refractivity contribution in [2.45, 2.75) is 39.3 Å². The Morgan fingerprint density at radius 3 is 2.36 bits per heavy atom. The van der Waals surface area contributed by atoms with Crippen LogP contribution in [0, 0.1) is 0 Å². The molecule has 1 aromatic carbocycles. The van der Waals surface area contributed by atoms with Gasteiger partial charge in [-0.2, -0.15) is 0 Å². The molecule has 1 aliphatic rings. The van der Waals surface area contributed by atoms with Gasteiger partial charge >= 0.3 is 0 Å². The molecule has 1 fully saturated rings. The summed E-state index contributed by atoms with van der Waals surface area (Å²) in [6, 6.07) is 8.75. The third-order valence-electron chi connectivity index (χ3n) is 4.45. The second-order valence-electron chi connectivity index (χ2n) is 7.08. The van der Waals surface area contributed by atoms with Gasteiger partial charge < -0.3 is 20.4 Å². The van der Waals surface area contributed by atoms with Crippen molar-refractivity contribution in [3.63, 3.8) is 0 Å². The van der Waals surface area contributed by atoms with Crippen LogP contribution in [-0.4, -0.2) is 62.6 Å². The van der Waals surface area contributed by atoms with Crippen LogP contribution in [0.1, 0.15) is 37.3 Å². The summed E-state index contributed by atoms with van der Waals surface area (Å²) in [6.07, 6.45) is 4.08. The lowest BCUT2D eigenvalue weighted by Crippen LogP contribution is -2.42. The first kappa shape index (κ1) is 19.7. The van der Waals surface area contributed by atoms with Crippen LogP contribution < -0.4 is 10.6 Å². The van der Waals surface area contributed by atoms with E-state index in [1.165, 1.54) is 43.5 Å². The number of piperidine rings is 1. The van der Waals surface area contributed by atoms with E-state index >= 15 is 0 Å². The molecule has 1 aliphatic heterocycles. The maximum absolute atomic E-state index is 4.72. The van der Waals surface area contributed by atoms with Gasteiger partial charge in [0.25, 0.3) is 0 Å². The molecule has 0 spiro atoms. The van der Waals surface area contributed by atoms with E-state index in [1.807, 2.05) is 0 Å². The molecule has 5 nitrogen and oxygen atoms in total. The predicted molar refractivity (Wildman–Crippen MR) is 107 cm³/mol. The summed E-state index contributed by atoms with van der Waals surface area (Å²) in [5.74, 6) is 0.914. The number of aliphatic imine (C=N–C) groups is 1. The zero-order valence-corrected chi connectivity index (χ0v) is 16.2. The van der Waals surface area contributed by atoms with E-state index in [0.29, 0.717) is 6.54 Å². The highest BCUT2D eigenvalue weighted by Gasteiger charge is 2.09. The SMILES string of the molecule is CCNC(=NCc1ccc(CN(C)C)cc1)NCCN1CCCCC1. The molecule has 1 saturated heterocycles. The predicted octanol–water partition coefficient (Wildman–Crippen LogP) is 2.29. The maximum Gasteiger partial charge on any atom is 0.191 e. The molecule has 0 unspecified atom stereocenters. The Balaban J connectivity index is 1.79. The van der Waals surface area contributed by atoms with E-state index in [9.17, 15) is 0 Å². The minimum absolute atomic E-state index is 0.710. The Bertz CT molecular complexity index is 503. The first-order chi connectivity index (χ1) is 12.2. The molecule has 2 rings (SSSR count). The van der Waals surface area contributed by atoms with Crippen LogP contribution in [0.4, 0.5) is 0 Å². The largest absolute Gasteiger partial charge is 0.357 e. The molecule has 0 amide bonds. The summed E-state index contributed by atoms with van der Waals surface area (Å²) in [6.45, 7) is 9.22. The minimum Gasteiger partial charge on any atom is -0.357 e. The summed E-state index contributed by atoms with van der Waals surface area (Å²) < 4.78 is 0. The van der Waals surface area contributed by atoms with Gasteiger partial charge in [-0.05, 0) is 58.1 Å². The second-order valence-corrected chi connectivity index (χ2v) is 7.08. The van der Waals surface area contributed by atoms with Gasteiger partial charge in [-0.15, -0.1) is 0 Å². The number of hydrogen-bond acceptors (Lipinski definition) is 3. The van der Waals surface area contributed by atoms with Crippen LogP contribution in [0.2, 0.25) is 0 Å². The van der Waals surface area contributed by atoms with Gasteiger partial charge in [-0.25, -0.2) is 4.99 Å². The van der Waals surface area contributed by atoms with Crippen LogP contribution in [0.3, 0.4) is 0 Å². The highest BCUT2D eigenvalue weighted by atomic mass is 15.2. The fourth-order valence-corrected chi connectivity index (χ4v) is 3.14. The number of guanidine groups is 1. The van der Waals surface area contributed by atoms with Crippen molar-refractivity contribution >= 4 is 5.96 Å². The van der Waals surface area contributed by atoms with Crippen molar-refractivity contribution in [1.29, 1.82) is 0 Å². The second kappa shape index (κ2) is 11.1. The molecule has 0 aromatic heterocycles.